The van der Waals surface area contributed by atoms with Crippen molar-refractivity contribution in [1.82, 2.24) is 9.55 Å². The Bertz CT molecular complexity index is 1000. The lowest BCUT2D eigenvalue weighted by Crippen LogP contribution is -3.00. The molecular weight excluding hydrogens is 402 g/mol. The summed E-state index contributed by atoms with van der Waals surface area (Å²) in [4.78, 5) is 16.8. The van der Waals surface area contributed by atoms with E-state index in [1.165, 1.54) is 0 Å². The Kier molecular flexibility index (Phi) is 9.05. The van der Waals surface area contributed by atoms with Crippen molar-refractivity contribution in [3.8, 4) is 5.75 Å². The van der Waals surface area contributed by atoms with E-state index in [-0.39, 0.29) is 24.0 Å². The highest BCUT2D eigenvalue weighted by atomic mass is 35.5. The first kappa shape index (κ1) is 23.6. The summed E-state index contributed by atoms with van der Waals surface area (Å²) in [5, 5.41) is 13.3. The third kappa shape index (κ3) is 5.92. The monoisotopic (exact) mass is 429 g/mol. The second kappa shape index (κ2) is 11.5. The molecule has 0 amide bonds. The molecule has 160 valence electrons. The first-order chi connectivity index (χ1) is 14.1. The number of aromatic nitrogens is 2. The van der Waals surface area contributed by atoms with Crippen LogP contribution in [-0.2, 0) is 6.54 Å². The summed E-state index contributed by atoms with van der Waals surface area (Å²) in [6, 6.07) is 14.9. The average molecular weight is 430 g/mol. The van der Waals surface area contributed by atoms with Crippen molar-refractivity contribution in [3.05, 3.63) is 83.4 Å². The van der Waals surface area contributed by atoms with Gasteiger partial charge in [-0.3, -0.25) is 9.36 Å². The van der Waals surface area contributed by atoms with Crippen molar-refractivity contribution in [2.45, 2.75) is 32.0 Å². The quantitative estimate of drug-likeness (QED) is 0.321. The van der Waals surface area contributed by atoms with Gasteiger partial charge in [0.2, 0.25) is 0 Å². The van der Waals surface area contributed by atoms with E-state index in [4.69, 9.17) is 4.74 Å². The minimum atomic E-state index is -0.575. The summed E-state index contributed by atoms with van der Waals surface area (Å²) in [6.07, 6.45) is 3.54. The smallest absolute Gasteiger partial charge is 0.261 e. The van der Waals surface area contributed by atoms with Gasteiger partial charge in [0.05, 0.1) is 23.8 Å². The number of rotatable bonds is 10. The van der Waals surface area contributed by atoms with Crippen molar-refractivity contribution in [1.29, 1.82) is 0 Å². The summed E-state index contributed by atoms with van der Waals surface area (Å²) >= 11 is 0. The zero-order valence-corrected chi connectivity index (χ0v) is 17.8. The molecule has 0 radical (unpaired) electrons. The number of aliphatic hydroxyl groups excluding tert-OH is 1. The number of hydrogen-bond acceptors (Lipinski definition) is 4. The van der Waals surface area contributed by atoms with E-state index in [0.717, 1.165) is 29.8 Å². The van der Waals surface area contributed by atoms with Gasteiger partial charge in [0.25, 0.3) is 5.56 Å². The van der Waals surface area contributed by atoms with Crippen molar-refractivity contribution < 1.29 is 27.6 Å². The third-order valence-corrected chi connectivity index (χ3v) is 4.96. The van der Waals surface area contributed by atoms with Gasteiger partial charge in [-0.15, -0.1) is 0 Å². The summed E-state index contributed by atoms with van der Waals surface area (Å²) in [6.45, 7) is 7.49. The summed E-state index contributed by atoms with van der Waals surface area (Å²) in [5.41, 5.74) is 1.56. The van der Waals surface area contributed by atoms with Gasteiger partial charge in [-0.2, -0.15) is 0 Å². The standard InChI is InChI=1S/C23H27N3O3.ClH/c1-3-15-29-19-11-9-18(10-12-19)22(27)17(2)24-13-6-14-26-16-25-21-8-5-4-7-20(21)23(26)28;/h3-5,7-12,16-17,22,24,27H,1,6,13-15H2,2H3;1H. The van der Waals surface area contributed by atoms with E-state index in [0.29, 0.717) is 18.5 Å². The van der Waals surface area contributed by atoms with Crippen molar-refractivity contribution >= 4 is 10.9 Å². The number of benzene rings is 2. The topological polar surface area (TPSA) is 81.0 Å². The molecule has 0 aliphatic heterocycles. The third-order valence-electron chi connectivity index (χ3n) is 4.96. The average Bonchev–Trinajstić information content (AvgIpc) is 2.76. The minimum absolute atomic E-state index is 0. The number of halogens is 1. The van der Waals surface area contributed by atoms with E-state index < -0.39 is 6.10 Å². The number of hydrogen-bond donors (Lipinski definition) is 2. The van der Waals surface area contributed by atoms with Gasteiger partial charge in [-0.05, 0) is 36.8 Å². The SMILES string of the molecule is C=CCOc1ccc(C(O)C(C)[NH2+]CCCn2cnc3ccccc3c2=O)cc1.[Cl-]. The zero-order valence-electron chi connectivity index (χ0n) is 17.1. The fraction of sp³-hybridized carbons (Fsp3) is 0.304. The number of aryl methyl sites for hydroxylation is 1. The second-order valence-corrected chi connectivity index (χ2v) is 7.11. The lowest BCUT2D eigenvalue weighted by atomic mass is 10.0. The van der Waals surface area contributed by atoms with Crippen LogP contribution in [0.5, 0.6) is 5.75 Å². The molecule has 3 aromatic rings. The van der Waals surface area contributed by atoms with Crippen LogP contribution in [0.2, 0.25) is 0 Å². The predicted molar refractivity (Wildman–Crippen MR) is 114 cm³/mol. The number of nitrogens with zero attached hydrogens (tertiary/aromatic N) is 2. The fourth-order valence-corrected chi connectivity index (χ4v) is 3.26. The molecule has 0 fully saturated rings. The van der Waals surface area contributed by atoms with Crippen LogP contribution in [0, 0.1) is 0 Å². The van der Waals surface area contributed by atoms with Gasteiger partial charge in [0.1, 0.15) is 24.5 Å². The Labute approximate surface area is 182 Å². The molecular formula is C23H28ClN3O3. The highest BCUT2D eigenvalue weighted by Gasteiger charge is 2.19. The van der Waals surface area contributed by atoms with Gasteiger partial charge in [0, 0.05) is 13.0 Å². The van der Waals surface area contributed by atoms with Gasteiger partial charge in [0.15, 0.2) is 0 Å². The molecule has 7 heteroatoms. The molecule has 0 saturated heterocycles. The fourth-order valence-electron chi connectivity index (χ4n) is 3.26. The molecule has 1 aromatic heterocycles. The Hall–Kier alpha value is -2.67. The maximum atomic E-state index is 12.5. The lowest BCUT2D eigenvalue weighted by molar-refractivity contribution is -0.694. The van der Waals surface area contributed by atoms with Gasteiger partial charge in [-0.25, -0.2) is 4.98 Å². The molecule has 0 aliphatic carbocycles. The van der Waals surface area contributed by atoms with E-state index in [9.17, 15) is 9.90 Å². The number of ether oxygens (including phenoxy) is 1. The number of aliphatic hydroxyl groups is 1. The van der Waals surface area contributed by atoms with Crippen molar-refractivity contribution in [2.24, 2.45) is 0 Å². The molecule has 6 nitrogen and oxygen atoms in total. The van der Waals surface area contributed by atoms with Crippen LogP contribution in [0.1, 0.15) is 25.0 Å². The Morgan fingerprint density at radius 2 is 1.97 bits per heavy atom. The highest BCUT2D eigenvalue weighted by Crippen LogP contribution is 2.19. The molecule has 2 unspecified atom stereocenters. The van der Waals surface area contributed by atoms with E-state index in [1.807, 2.05) is 49.4 Å². The minimum Gasteiger partial charge on any atom is -1.00 e. The number of quaternary nitrogens is 1. The zero-order chi connectivity index (χ0) is 20.6. The summed E-state index contributed by atoms with van der Waals surface area (Å²) in [5.74, 6) is 0.756. The molecule has 2 atom stereocenters. The molecule has 2 aromatic carbocycles. The van der Waals surface area contributed by atoms with E-state index in [2.05, 4.69) is 16.9 Å². The molecule has 0 saturated carbocycles. The van der Waals surface area contributed by atoms with Crippen LogP contribution in [-0.4, -0.2) is 33.9 Å². The molecule has 1 heterocycles. The van der Waals surface area contributed by atoms with Crippen molar-refractivity contribution in [2.75, 3.05) is 13.2 Å². The molecule has 3 N–H and O–H groups in total. The highest BCUT2D eigenvalue weighted by molar-refractivity contribution is 5.76. The van der Waals surface area contributed by atoms with Crippen LogP contribution in [0.15, 0.2) is 72.3 Å². The van der Waals surface area contributed by atoms with Gasteiger partial charge < -0.3 is 27.6 Å². The maximum Gasteiger partial charge on any atom is 0.261 e. The normalized spacial score (nSPS) is 12.7. The Balaban J connectivity index is 0.00000320. The summed E-state index contributed by atoms with van der Waals surface area (Å²) in [7, 11) is 0. The maximum absolute atomic E-state index is 12.5. The lowest BCUT2D eigenvalue weighted by Gasteiger charge is -2.18. The first-order valence-corrected chi connectivity index (χ1v) is 9.89. The number of nitrogens with two attached hydrogens (primary N) is 1. The van der Waals surface area contributed by atoms with Crippen LogP contribution < -0.4 is 28.0 Å². The van der Waals surface area contributed by atoms with E-state index >= 15 is 0 Å². The van der Waals surface area contributed by atoms with Crippen LogP contribution in [0.3, 0.4) is 0 Å². The van der Waals surface area contributed by atoms with Gasteiger partial charge in [-0.1, -0.05) is 36.9 Å². The first-order valence-electron chi connectivity index (χ1n) is 9.89. The van der Waals surface area contributed by atoms with E-state index in [1.54, 1.807) is 23.0 Å². The van der Waals surface area contributed by atoms with Crippen LogP contribution in [0.4, 0.5) is 0 Å². The summed E-state index contributed by atoms with van der Waals surface area (Å²) < 4.78 is 7.12. The molecule has 0 bridgehead atoms. The Morgan fingerprint density at radius 1 is 1.23 bits per heavy atom. The molecule has 0 spiro atoms. The predicted octanol–water partition coefficient (Wildman–Crippen LogP) is -0.959. The molecule has 0 aliphatic rings. The second-order valence-electron chi connectivity index (χ2n) is 7.11. The largest absolute Gasteiger partial charge is 1.00 e. The van der Waals surface area contributed by atoms with Crippen LogP contribution in [0.25, 0.3) is 10.9 Å². The van der Waals surface area contributed by atoms with Crippen LogP contribution >= 0.6 is 0 Å². The van der Waals surface area contributed by atoms with Gasteiger partial charge >= 0.3 is 0 Å². The van der Waals surface area contributed by atoms with Crippen molar-refractivity contribution in [3.63, 3.8) is 0 Å². The molecule has 3 rings (SSSR count). The molecule has 30 heavy (non-hydrogen) atoms. The Morgan fingerprint density at radius 3 is 2.70 bits per heavy atom. The number of para-hydroxylation sites is 1. The number of fused-ring (bicyclic) bond motifs is 1.